The number of carbonyl (C=O) groups excluding carboxylic acids is 4. The number of esters is 1. The lowest BCUT2D eigenvalue weighted by Gasteiger charge is -2.39. The first-order chi connectivity index (χ1) is 26.8. The van der Waals surface area contributed by atoms with Gasteiger partial charge in [-0.2, -0.15) is 0 Å². The van der Waals surface area contributed by atoms with Crippen molar-refractivity contribution in [2.24, 2.45) is 29.6 Å². The number of cyclic esters (lactones) is 1. The van der Waals surface area contributed by atoms with E-state index >= 15 is 0 Å². The molecule has 0 bridgehead atoms. The van der Waals surface area contributed by atoms with E-state index in [1.165, 1.54) is 21.1 Å². The van der Waals surface area contributed by atoms with Gasteiger partial charge in [0.25, 0.3) is 5.91 Å². The minimum atomic E-state index is -3.49. The number of aliphatic hydroxyl groups excluding tert-OH is 2. The number of methoxy groups -OCH3 is 3. The fourth-order valence-corrected chi connectivity index (χ4v) is 9.27. The van der Waals surface area contributed by atoms with Crippen molar-refractivity contribution in [2.75, 3.05) is 27.9 Å². The summed E-state index contributed by atoms with van der Waals surface area (Å²) in [6.07, 6.45) is 3.11. The third kappa shape index (κ3) is 12.9. The average Bonchev–Trinajstić information content (AvgIpc) is 3.18. The third-order valence-electron chi connectivity index (χ3n) is 12.5. The molecule has 2 aliphatic heterocycles. The second-order valence-electron chi connectivity index (χ2n) is 17.0. The van der Waals surface area contributed by atoms with Crippen LogP contribution in [0.1, 0.15) is 112 Å². The van der Waals surface area contributed by atoms with Crippen LogP contribution in [0.3, 0.4) is 0 Å². The molecule has 1 saturated heterocycles. The van der Waals surface area contributed by atoms with Gasteiger partial charge in [-0.1, -0.05) is 45.4 Å². The number of halogens is 1. The number of rotatable bonds is 6. The van der Waals surface area contributed by atoms with Gasteiger partial charge in [0.2, 0.25) is 5.78 Å². The number of aliphatic hydroxyl groups is 4. The predicted octanol–water partition coefficient (Wildman–Crippen LogP) is 4.67. The molecule has 2 heterocycles. The van der Waals surface area contributed by atoms with Crippen molar-refractivity contribution in [3.8, 4) is 0 Å². The Balaban J connectivity index is 2.08. The lowest BCUT2D eigenvalue weighted by atomic mass is 9.82. The molecular formula is C43H70ClNO12. The van der Waals surface area contributed by atoms with Gasteiger partial charge >= 0.3 is 11.8 Å². The first-order valence-electron chi connectivity index (χ1n) is 20.8. The summed E-state index contributed by atoms with van der Waals surface area (Å²) in [5.41, 5.74) is 1.61. The SMILES string of the molecule is CC[C@@H]1/C=C(\C)C[C@H](C)C[C@H](OC)[C@@H](O)[C@@H](OC)C[C@@H](C)C(=O)C(O)(O)C(=O)N2CCCC[C@H]2C(=O)O[C@H](/C(C)=C/C2CC[C@H](Cl)[C@H](OC)C2)[C@H](C)[C@@H](O)CC1=O. The Hall–Kier alpha value is -2.23. The molecule has 3 rings (SSSR count). The number of amides is 1. The van der Waals surface area contributed by atoms with Crippen LogP contribution < -0.4 is 0 Å². The molecule has 1 aliphatic carbocycles. The number of ketones is 2. The van der Waals surface area contributed by atoms with Gasteiger partial charge in [0.1, 0.15) is 24.0 Å². The Bertz CT molecular complexity index is 1420. The van der Waals surface area contributed by atoms with E-state index in [1.54, 1.807) is 21.0 Å². The molecule has 13 atom stereocenters. The van der Waals surface area contributed by atoms with E-state index < -0.39 is 77.8 Å². The molecule has 0 aromatic heterocycles. The van der Waals surface area contributed by atoms with Crippen molar-refractivity contribution in [1.29, 1.82) is 0 Å². The summed E-state index contributed by atoms with van der Waals surface area (Å²) < 4.78 is 23.1. The number of allylic oxidation sites excluding steroid dienone is 3. The van der Waals surface area contributed by atoms with Gasteiger partial charge in [-0.25, -0.2) is 4.79 Å². The molecule has 0 aromatic rings. The summed E-state index contributed by atoms with van der Waals surface area (Å²) >= 11 is 6.51. The molecule has 1 amide bonds. The molecule has 2 fully saturated rings. The van der Waals surface area contributed by atoms with E-state index in [4.69, 9.17) is 30.5 Å². The standard InChI is InChI=1S/C43H70ClNO12/c1-10-30-18-24(2)17-25(3)19-36(55-8)38(48)37(56-9)21-27(5)40(49)43(52,53)42(51)45-16-12-11-13-32(45)41(50)57-39(28(6)33(46)23-34(30)47)26(4)20-29-14-15-31(44)35(22-29)54-7/h18,20,25,27-33,35-39,46,48,52-53H,10-17,19,21-23H2,1-9H3/b24-18+,26-20+/t25-,27+,28+,29?,30+,31-,32-,33-,35+,36-,37-,38+,39+/m0/s1. The van der Waals surface area contributed by atoms with Gasteiger partial charge in [-0.05, 0) is 95.5 Å². The predicted molar refractivity (Wildman–Crippen MR) is 215 cm³/mol. The van der Waals surface area contributed by atoms with E-state index in [-0.39, 0.29) is 54.9 Å². The second-order valence-corrected chi connectivity index (χ2v) is 17.6. The zero-order valence-corrected chi connectivity index (χ0v) is 36.3. The van der Waals surface area contributed by atoms with Crippen LogP contribution in [0.25, 0.3) is 0 Å². The molecule has 0 aromatic carbocycles. The maximum Gasteiger partial charge on any atom is 0.329 e. The van der Waals surface area contributed by atoms with Crippen molar-refractivity contribution in [3.63, 3.8) is 0 Å². The monoisotopic (exact) mass is 827 g/mol. The quantitative estimate of drug-likeness (QED) is 0.0954. The molecule has 13 nitrogen and oxygen atoms in total. The summed E-state index contributed by atoms with van der Waals surface area (Å²) in [7, 11) is 4.45. The Morgan fingerprint density at radius 2 is 1.56 bits per heavy atom. The summed E-state index contributed by atoms with van der Waals surface area (Å²) in [6, 6.07) is -1.25. The van der Waals surface area contributed by atoms with Gasteiger partial charge < -0.3 is 44.3 Å². The number of Topliss-reactive ketones (excluding diaryl/α,β-unsaturated/α-hetero) is 2. The zero-order valence-electron chi connectivity index (χ0n) is 35.5. The highest BCUT2D eigenvalue weighted by Gasteiger charge is 2.51. The third-order valence-corrected chi connectivity index (χ3v) is 13.0. The van der Waals surface area contributed by atoms with Gasteiger partial charge in [0.05, 0.1) is 29.8 Å². The topological polar surface area (TPSA) is 189 Å². The maximum absolute atomic E-state index is 14.2. The first kappa shape index (κ1) is 49.1. The molecule has 0 spiro atoms. The maximum atomic E-state index is 14.2. The highest BCUT2D eigenvalue weighted by Crippen LogP contribution is 2.34. The Morgan fingerprint density at radius 1 is 0.930 bits per heavy atom. The highest BCUT2D eigenvalue weighted by atomic mass is 35.5. The largest absolute Gasteiger partial charge is 0.456 e. The number of fused-ring (bicyclic) bond motifs is 1. The Kier molecular flexibility index (Phi) is 19.3. The van der Waals surface area contributed by atoms with E-state index in [1.807, 2.05) is 32.9 Å². The summed E-state index contributed by atoms with van der Waals surface area (Å²) in [6.45, 7) is 10.8. The first-order valence-corrected chi connectivity index (χ1v) is 21.2. The van der Waals surface area contributed by atoms with Gasteiger partial charge in [-0.3, -0.25) is 14.4 Å². The van der Waals surface area contributed by atoms with Crippen LogP contribution in [0.5, 0.6) is 0 Å². The molecule has 0 radical (unpaired) electrons. The number of nitrogens with zero attached hydrogens (tertiary/aromatic N) is 1. The lowest BCUT2D eigenvalue weighted by molar-refractivity contribution is -0.206. The van der Waals surface area contributed by atoms with Crippen molar-refractivity contribution in [2.45, 2.75) is 166 Å². The molecule has 57 heavy (non-hydrogen) atoms. The number of piperidine rings is 1. The van der Waals surface area contributed by atoms with E-state index in [9.17, 15) is 39.6 Å². The highest BCUT2D eigenvalue weighted by molar-refractivity contribution is 6.21. The van der Waals surface area contributed by atoms with Gasteiger partial charge in [-0.15, -0.1) is 11.6 Å². The summed E-state index contributed by atoms with van der Waals surface area (Å²) in [5, 5.41) is 45.3. The van der Waals surface area contributed by atoms with Crippen LogP contribution in [0.15, 0.2) is 23.3 Å². The van der Waals surface area contributed by atoms with E-state index in [2.05, 4.69) is 0 Å². The normalized spacial score (nSPS) is 38.8. The number of carbonyl (C=O) groups is 4. The molecule has 4 N–H and O–H groups in total. The van der Waals surface area contributed by atoms with Crippen LogP contribution in [0.2, 0.25) is 0 Å². The number of ether oxygens (including phenoxy) is 4. The molecular weight excluding hydrogens is 758 g/mol. The fourth-order valence-electron chi connectivity index (χ4n) is 8.94. The second kappa shape index (κ2) is 22.4. The van der Waals surface area contributed by atoms with Crippen molar-refractivity contribution in [1.82, 2.24) is 4.90 Å². The Labute approximate surface area is 344 Å². The van der Waals surface area contributed by atoms with Crippen molar-refractivity contribution >= 4 is 35.0 Å². The van der Waals surface area contributed by atoms with Crippen LogP contribution >= 0.6 is 11.6 Å². The molecule has 14 heteroatoms. The van der Waals surface area contributed by atoms with Crippen molar-refractivity contribution < 1.29 is 58.6 Å². The fraction of sp³-hybridized carbons (Fsp3) is 0.814. The van der Waals surface area contributed by atoms with E-state index in [0.29, 0.717) is 44.1 Å². The van der Waals surface area contributed by atoms with Crippen molar-refractivity contribution in [3.05, 3.63) is 23.3 Å². The molecule has 1 saturated carbocycles. The minimum Gasteiger partial charge on any atom is -0.456 e. The number of hydrogen-bond acceptors (Lipinski definition) is 12. The summed E-state index contributed by atoms with van der Waals surface area (Å²) in [4.78, 5) is 56.5. The molecule has 326 valence electrons. The molecule has 1 unspecified atom stereocenters. The van der Waals surface area contributed by atoms with Gasteiger partial charge in [0.15, 0.2) is 0 Å². The van der Waals surface area contributed by atoms with Crippen LogP contribution in [-0.4, -0.2) is 130 Å². The number of alkyl halides is 1. The minimum absolute atomic E-state index is 0.00116. The Morgan fingerprint density at radius 3 is 2.18 bits per heavy atom. The smallest absolute Gasteiger partial charge is 0.329 e. The van der Waals surface area contributed by atoms with Crippen LogP contribution in [0, 0.1) is 29.6 Å². The van der Waals surface area contributed by atoms with E-state index in [0.717, 1.165) is 23.3 Å². The average molecular weight is 828 g/mol. The molecule has 3 aliphatic rings. The number of hydrogen-bond donors (Lipinski definition) is 4. The van der Waals surface area contributed by atoms with Crippen LogP contribution in [0.4, 0.5) is 0 Å². The van der Waals surface area contributed by atoms with Crippen LogP contribution in [-0.2, 0) is 38.1 Å². The zero-order chi connectivity index (χ0) is 42.8. The van der Waals surface area contributed by atoms with Gasteiger partial charge in [0, 0.05) is 52.0 Å². The summed E-state index contributed by atoms with van der Waals surface area (Å²) in [5.74, 6) is -9.36. The lowest BCUT2D eigenvalue weighted by Crippen LogP contribution is -2.61.